The molecule has 1 fully saturated rings. The summed E-state index contributed by atoms with van der Waals surface area (Å²) in [6.45, 7) is 6.85. The molecule has 2 N–H and O–H groups in total. The maximum atomic E-state index is 6.05. The fourth-order valence-electron chi connectivity index (χ4n) is 2.13. The van der Waals surface area contributed by atoms with Gasteiger partial charge in [-0.3, -0.25) is 0 Å². The maximum absolute atomic E-state index is 6.05. The van der Waals surface area contributed by atoms with Gasteiger partial charge in [-0.15, -0.1) is 24.0 Å². The predicted molar refractivity (Wildman–Crippen MR) is 103 cm³/mol. The van der Waals surface area contributed by atoms with Gasteiger partial charge in [0.2, 0.25) is 0 Å². The van der Waals surface area contributed by atoms with Gasteiger partial charge in [-0.05, 0) is 44.7 Å². The quantitative estimate of drug-likeness (QED) is 0.436. The van der Waals surface area contributed by atoms with E-state index in [1.165, 1.54) is 18.4 Å². The number of halogens is 1. The van der Waals surface area contributed by atoms with Gasteiger partial charge in [0.15, 0.2) is 5.96 Å². The van der Waals surface area contributed by atoms with Crippen molar-refractivity contribution in [2.45, 2.75) is 58.7 Å². The number of ether oxygens (including phenoxy) is 1. The topological polar surface area (TPSA) is 50.9 Å². The number of hydrogen-bond donors (Lipinski definition) is 1. The summed E-state index contributed by atoms with van der Waals surface area (Å²) in [7, 11) is 2.02. The van der Waals surface area contributed by atoms with Crippen LogP contribution in [0.1, 0.15) is 44.2 Å². The average Bonchev–Trinajstić information content (AvgIpc) is 3.29. The molecule has 124 valence electrons. The molecule has 1 aliphatic carbocycles. The molecule has 0 amide bonds. The van der Waals surface area contributed by atoms with Crippen LogP contribution in [0.3, 0.4) is 0 Å². The molecule has 0 bridgehead atoms. The van der Waals surface area contributed by atoms with Crippen LogP contribution in [0.4, 0.5) is 0 Å². The number of aryl methyl sites for hydroxylation is 1. The van der Waals surface area contributed by atoms with E-state index in [1.807, 2.05) is 7.05 Å². The largest absolute Gasteiger partial charge is 0.490 e. The van der Waals surface area contributed by atoms with E-state index in [4.69, 9.17) is 10.5 Å². The third kappa shape index (κ3) is 5.34. The van der Waals surface area contributed by atoms with Crippen LogP contribution in [0, 0.1) is 6.92 Å². The van der Waals surface area contributed by atoms with E-state index in [-0.39, 0.29) is 30.1 Å². The molecule has 5 heteroatoms. The van der Waals surface area contributed by atoms with Crippen molar-refractivity contribution in [2.24, 2.45) is 10.7 Å². The van der Waals surface area contributed by atoms with Gasteiger partial charge in [0.25, 0.3) is 0 Å². The Hall–Kier alpha value is -0.980. The van der Waals surface area contributed by atoms with Crippen LogP contribution in [0.25, 0.3) is 0 Å². The summed E-state index contributed by atoms with van der Waals surface area (Å²) in [5.41, 5.74) is 8.34. The van der Waals surface area contributed by atoms with E-state index in [1.54, 1.807) is 0 Å². The molecule has 0 aromatic heterocycles. The fraction of sp³-hybridized carbons (Fsp3) is 0.588. The summed E-state index contributed by atoms with van der Waals surface area (Å²) < 4.78 is 6.00. The molecule has 2 rings (SSSR count). The van der Waals surface area contributed by atoms with Gasteiger partial charge >= 0.3 is 0 Å². The van der Waals surface area contributed by atoms with Crippen molar-refractivity contribution in [3.8, 4) is 5.75 Å². The number of hydrogen-bond acceptors (Lipinski definition) is 2. The smallest absolute Gasteiger partial charge is 0.191 e. The van der Waals surface area contributed by atoms with Crippen LogP contribution in [0.15, 0.2) is 23.2 Å². The van der Waals surface area contributed by atoms with Gasteiger partial charge in [-0.2, -0.15) is 0 Å². The van der Waals surface area contributed by atoms with E-state index in [2.05, 4.69) is 48.9 Å². The van der Waals surface area contributed by atoms with Crippen molar-refractivity contribution >= 4 is 29.9 Å². The Labute approximate surface area is 151 Å². The summed E-state index contributed by atoms with van der Waals surface area (Å²) in [6.07, 6.45) is 3.64. The van der Waals surface area contributed by atoms with Crippen molar-refractivity contribution in [2.75, 3.05) is 7.05 Å². The summed E-state index contributed by atoms with van der Waals surface area (Å²) in [5.74, 6) is 1.54. The lowest BCUT2D eigenvalue weighted by Crippen LogP contribution is -2.35. The molecule has 0 aliphatic heterocycles. The number of nitrogens with two attached hydrogens (primary N) is 1. The van der Waals surface area contributed by atoms with E-state index in [0.717, 1.165) is 17.7 Å². The van der Waals surface area contributed by atoms with Crippen molar-refractivity contribution in [1.29, 1.82) is 0 Å². The second-order valence-corrected chi connectivity index (χ2v) is 5.96. The molecule has 0 spiro atoms. The molecule has 1 aromatic rings. The summed E-state index contributed by atoms with van der Waals surface area (Å²) in [6, 6.07) is 6.84. The lowest BCUT2D eigenvalue weighted by Gasteiger charge is -2.18. The van der Waals surface area contributed by atoms with Crippen LogP contribution < -0.4 is 10.5 Å². The van der Waals surface area contributed by atoms with Gasteiger partial charge in [-0.1, -0.05) is 19.1 Å². The number of nitrogens with zero attached hydrogens (tertiary/aromatic N) is 2. The van der Waals surface area contributed by atoms with E-state index < -0.39 is 0 Å². The number of guanidine groups is 1. The molecule has 1 aromatic carbocycles. The molecular formula is C17H28IN3O. The first-order chi connectivity index (χ1) is 10.0. The van der Waals surface area contributed by atoms with Crippen LogP contribution in [-0.4, -0.2) is 30.1 Å². The zero-order chi connectivity index (χ0) is 15.4. The molecule has 22 heavy (non-hydrogen) atoms. The molecule has 1 atom stereocenters. The highest BCUT2D eigenvalue weighted by molar-refractivity contribution is 14.0. The second kappa shape index (κ2) is 8.60. The predicted octanol–water partition coefficient (Wildman–Crippen LogP) is 3.70. The molecule has 0 heterocycles. The molecule has 1 aliphatic rings. The minimum atomic E-state index is 0. The summed E-state index contributed by atoms with van der Waals surface area (Å²) in [5, 5.41) is 0. The van der Waals surface area contributed by atoms with Crippen molar-refractivity contribution in [3.05, 3.63) is 29.3 Å². The fourth-order valence-corrected chi connectivity index (χ4v) is 2.13. The highest BCUT2D eigenvalue weighted by atomic mass is 127. The lowest BCUT2D eigenvalue weighted by atomic mass is 10.1. The Kier molecular flexibility index (Phi) is 7.45. The lowest BCUT2D eigenvalue weighted by molar-refractivity contribution is 0.215. The monoisotopic (exact) mass is 417 g/mol. The Morgan fingerprint density at radius 2 is 2.14 bits per heavy atom. The minimum Gasteiger partial charge on any atom is -0.490 e. The first kappa shape index (κ1) is 19.1. The Bertz CT molecular complexity index is 515. The highest BCUT2D eigenvalue weighted by Gasteiger charge is 2.27. The maximum Gasteiger partial charge on any atom is 0.191 e. The molecule has 0 saturated heterocycles. The van der Waals surface area contributed by atoms with Gasteiger partial charge in [0, 0.05) is 18.7 Å². The minimum absolute atomic E-state index is 0. The summed E-state index contributed by atoms with van der Waals surface area (Å²) in [4.78, 5) is 6.59. The number of aliphatic imine (C=N–C) groups is 1. The Balaban J connectivity index is 0.00000242. The van der Waals surface area contributed by atoms with Crippen molar-refractivity contribution in [3.63, 3.8) is 0 Å². The van der Waals surface area contributed by atoms with Crippen molar-refractivity contribution < 1.29 is 4.74 Å². The number of benzene rings is 1. The van der Waals surface area contributed by atoms with Gasteiger partial charge in [0.1, 0.15) is 5.75 Å². The first-order valence-corrected chi connectivity index (χ1v) is 7.80. The molecule has 1 unspecified atom stereocenters. The van der Waals surface area contributed by atoms with Crippen molar-refractivity contribution in [1.82, 2.24) is 4.90 Å². The van der Waals surface area contributed by atoms with E-state index in [0.29, 0.717) is 18.5 Å². The van der Waals surface area contributed by atoms with Gasteiger partial charge in [-0.25, -0.2) is 4.99 Å². The van der Waals surface area contributed by atoms with Crippen LogP contribution >= 0.6 is 24.0 Å². The molecule has 4 nitrogen and oxygen atoms in total. The number of rotatable bonds is 6. The molecule has 1 saturated carbocycles. The van der Waals surface area contributed by atoms with E-state index >= 15 is 0 Å². The SMILES string of the molecule is CCC(C)Oc1cc(C)ccc1CN=C(N)N(C)C1CC1.I. The third-order valence-electron chi connectivity index (χ3n) is 3.99. The summed E-state index contributed by atoms with van der Waals surface area (Å²) >= 11 is 0. The Morgan fingerprint density at radius 3 is 2.73 bits per heavy atom. The third-order valence-corrected chi connectivity index (χ3v) is 3.99. The zero-order valence-electron chi connectivity index (χ0n) is 14.0. The first-order valence-electron chi connectivity index (χ1n) is 7.80. The standard InChI is InChI=1S/C17H27N3O.HI/c1-5-13(3)21-16-10-12(2)6-7-14(16)11-19-17(18)20(4)15-8-9-15;/h6-7,10,13,15H,5,8-9,11H2,1-4H3,(H2,18,19);1H. The normalized spacial score (nSPS) is 15.9. The van der Waals surface area contributed by atoms with Crippen LogP contribution in [-0.2, 0) is 6.54 Å². The van der Waals surface area contributed by atoms with Crippen LogP contribution in [0.5, 0.6) is 5.75 Å². The van der Waals surface area contributed by atoms with E-state index in [9.17, 15) is 0 Å². The molecular weight excluding hydrogens is 389 g/mol. The van der Waals surface area contributed by atoms with Crippen LogP contribution in [0.2, 0.25) is 0 Å². The highest BCUT2D eigenvalue weighted by Crippen LogP contribution is 2.26. The van der Waals surface area contributed by atoms with Gasteiger partial charge in [0.05, 0.1) is 12.6 Å². The Morgan fingerprint density at radius 1 is 1.45 bits per heavy atom. The zero-order valence-corrected chi connectivity index (χ0v) is 16.3. The molecule has 0 radical (unpaired) electrons. The average molecular weight is 417 g/mol. The van der Waals surface area contributed by atoms with Gasteiger partial charge < -0.3 is 15.4 Å². The second-order valence-electron chi connectivity index (χ2n) is 5.96.